The van der Waals surface area contributed by atoms with Gasteiger partial charge in [-0.05, 0) is 37.3 Å². The number of rotatable bonds is 0. The van der Waals surface area contributed by atoms with Crippen LogP contribution in [0.4, 0.5) is 0 Å². The fraction of sp³-hybridized carbons (Fsp3) is 0.714. The molecular formula is C14H20N2O. The highest BCUT2D eigenvalue weighted by Gasteiger charge is 2.51. The van der Waals surface area contributed by atoms with Crippen molar-refractivity contribution in [3.8, 4) is 6.07 Å². The summed E-state index contributed by atoms with van der Waals surface area (Å²) >= 11 is 0. The summed E-state index contributed by atoms with van der Waals surface area (Å²) in [6.45, 7) is 8.11. The second-order valence-corrected chi connectivity index (χ2v) is 6.07. The van der Waals surface area contributed by atoms with Gasteiger partial charge in [0.15, 0.2) is 5.78 Å². The van der Waals surface area contributed by atoms with Crippen LogP contribution in [0.1, 0.15) is 33.6 Å². The summed E-state index contributed by atoms with van der Waals surface area (Å²) in [5.74, 6) is 0.346. The number of Topliss-reactive ketones (excluding diaryl/α,β-unsaturated/α-hetero) is 1. The Balaban J connectivity index is 2.52. The molecule has 0 amide bonds. The van der Waals surface area contributed by atoms with E-state index < -0.39 is 5.41 Å². The van der Waals surface area contributed by atoms with Gasteiger partial charge in [0, 0.05) is 5.41 Å². The maximum atomic E-state index is 12.3. The van der Waals surface area contributed by atoms with Crippen molar-refractivity contribution < 1.29 is 4.79 Å². The largest absolute Gasteiger partial charge is 0.317 e. The van der Waals surface area contributed by atoms with Crippen LogP contribution < -0.4 is 5.32 Å². The quantitative estimate of drug-likeness (QED) is 0.695. The number of nitrogens with one attached hydrogen (secondary N) is 1. The van der Waals surface area contributed by atoms with E-state index in [1.54, 1.807) is 0 Å². The normalized spacial score (nSPS) is 36.5. The third kappa shape index (κ3) is 1.81. The Morgan fingerprint density at radius 3 is 2.76 bits per heavy atom. The number of carbonyl (C=O) groups excluding carboxylic acids is 1. The Labute approximate surface area is 103 Å². The minimum atomic E-state index is -0.416. The van der Waals surface area contributed by atoms with Gasteiger partial charge in [-0.3, -0.25) is 4.79 Å². The summed E-state index contributed by atoms with van der Waals surface area (Å²) in [6, 6.07) is 2.08. The summed E-state index contributed by atoms with van der Waals surface area (Å²) in [6.07, 6.45) is 3.93. The lowest BCUT2D eigenvalue weighted by Crippen LogP contribution is -2.46. The van der Waals surface area contributed by atoms with E-state index in [-0.39, 0.29) is 11.2 Å². The van der Waals surface area contributed by atoms with Gasteiger partial charge < -0.3 is 5.32 Å². The van der Waals surface area contributed by atoms with Crippen LogP contribution in [-0.2, 0) is 4.79 Å². The minimum Gasteiger partial charge on any atom is -0.317 e. The van der Waals surface area contributed by atoms with E-state index >= 15 is 0 Å². The first-order valence-corrected chi connectivity index (χ1v) is 6.30. The predicted octanol–water partition coefficient (Wildman–Crippen LogP) is 2.05. The number of hydrogen-bond donors (Lipinski definition) is 1. The molecule has 0 unspecified atom stereocenters. The second kappa shape index (κ2) is 3.96. The molecule has 0 aromatic rings. The smallest absolute Gasteiger partial charge is 0.178 e. The average molecular weight is 232 g/mol. The highest BCUT2D eigenvalue weighted by molar-refractivity contribution is 6.04. The van der Waals surface area contributed by atoms with Gasteiger partial charge in [-0.1, -0.05) is 26.8 Å². The fourth-order valence-corrected chi connectivity index (χ4v) is 3.57. The molecule has 3 nitrogen and oxygen atoms in total. The Hall–Kier alpha value is -1.14. The van der Waals surface area contributed by atoms with Crippen LogP contribution in [0.25, 0.3) is 0 Å². The average Bonchev–Trinajstić information content (AvgIpc) is 2.46. The summed E-state index contributed by atoms with van der Waals surface area (Å²) in [5, 5.41) is 12.5. The topological polar surface area (TPSA) is 52.9 Å². The second-order valence-electron chi connectivity index (χ2n) is 6.07. The van der Waals surface area contributed by atoms with E-state index in [4.69, 9.17) is 5.26 Å². The van der Waals surface area contributed by atoms with Gasteiger partial charge in [-0.15, -0.1) is 0 Å². The Morgan fingerprint density at radius 1 is 1.41 bits per heavy atom. The van der Waals surface area contributed by atoms with E-state index in [1.165, 1.54) is 0 Å². The molecule has 0 spiro atoms. The van der Waals surface area contributed by atoms with Crippen LogP contribution in [-0.4, -0.2) is 18.9 Å². The van der Waals surface area contributed by atoms with Gasteiger partial charge >= 0.3 is 0 Å². The predicted molar refractivity (Wildman–Crippen MR) is 66.2 cm³/mol. The molecule has 0 aromatic heterocycles. The van der Waals surface area contributed by atoms with Crippen LogP contribution in [0, 0.1) is 28.1 Å². The number of ketones is 1. The molecular weight excluding hydrogens is 212 g/mol. The number of nitriles is 1. The third-order valence-corrected chi connectivity index (χ3v) is 4.54. The lowest BCUT2D eigenvalue weighted by Gasteiger charge is -2.46. The van der Waals surface area contributed by atoms with Crippen LogP contribution in [0.15, 0.2) is 11.6 Å². The zero-order valence-corrected chi connectivity index (χ0v) is 10.8. The standard InChI is InChI=1S/C14H20N2O/c1-13(2)11-4-6-16-7-5-14(11,3)8-10(9-15)12(13)17/h8,11,16H,4-7H2,1-3H3/t11-,14-/m1/s1. The first-order valence-electron chi connectivity index (χ1n) is 6.30. The van der Waals surface area contributed by atoms with Crippen molar-refractivity contribution in [2.24, 2.45) is 16.7 Å². The zero-order chi connectivity index (χ0) is 12.7. The molecule has 1 fully saturated rings. The molecule has 3 heteroatoms. The van der Waals surface area contributed by atoms with E-state index in [2.05, 4.69) is 18.3 Å². The van der Waals surface area contributed by atoms with E-state index in [9.17, 15) is 4.79 Å². The molecule has 0 aromatic carbocycles. The van der Waals surface area contributed by atoms with E-state index in [1.807, 2.05) is 19.9 Å². The summed E-state index contributed by atoms with van der Waals surface area (Å²) in [4.78, 5) is 12.3. The summed E-state index contributed by atoms with van der Waals surface area (Å²) in [5.41, 5.74) is -0.0809. The van der Waals surface area contributed by atoms with Gasteiger partial charge in [0.2, 0.25) is 0 Å². The van der Waals surface area contributed by atoms with Crippen molar-refractivity contribution in [3.05, 3.63) is 11.6 Å². The molecule has 1 N–H and O–H groups in total. The lowest BCUT2D eigenvalue weighted by atomic mass is 9.55. The fourth-order valence-electron chi connectivity index (χ4n) is 3.57. The lowest BCUT2D eigenvalue weighted by molar-refractivity contribution is -0.129. The van der Waals surface area contributed by atoms with E-state index in [0.29, 0.717) is 11.5 Å². The van der Waals surface area contributed by atoms with Crippen molar-refractivity contribution in [1.29, 1.82) is 5.26 Å². The minimum absolute atomic E-state index is 0.0179. The molecule has 0 bridgehead atoms. The Bertz CT molecular complexity index is 416. The van der Waals surface area contributed by atoms with E-state index in [0.717, 1.165) is 25.9 Å². The highest BCUT2D eigenvalue weighted by Crippen LogP contribution is 2.51. The van der Waals surface area contributed by atoms with Gasteiger partial charge in [0.1, 0.15) is 6.07 Å². The molecule has 17 heavy (non-hydrogen) atoms. The molecule has 2 aliphatic rings. The Morgan fingerprint density at radius 2 is 2.12 bits per heavy atom. The first kappa shape index (κ1) is 12.3. The van der Waals surface area contributed by atoms with Gasteiger partial charge in [0.05, 0.1) is 5.57 Å². The van der Waals surface area contributed by atoms with Crippen molar-refractivity contribution in [2.75, 3.05) is 13.1 Å². The molecule has 1 saturated heterocycles. The molecule has 0 saturated carbocycles. The number of hydrogen-bond acceptors (Lipinski definition) is 3. The highest BCUT2D eigenvalue weighted by atomic mass is 16.1. The summed E-state index contributed by atoms with van der Waals surface area (Å²) < 4.78 is 0. The molecule has 1 aliphatic carbocycles. The van der Waals surface area contributed by atoms with Crippen LogP contribution in [0.5, 0.6) is 0 Å². The third-order valence-electron chi connectivity index (χ3n) is 4.54. The SMILES string of the molecule is CC1(C)C(=O)C(C#N)=C[C@@]2(C)CCNCC[C@H]12. The number of fused-ring (bicyclic) bond motifs is 1. The van der Waals surface area contributed by atoms with Gasteiger partial charge in [-0.25, -0.2) is 0 Å². The van der Waals surface area contributed by atoms with Gasteiger partial charge in [-0.2, -0.15) is 5.26 Å². The summed E-state index contributed by atoms with van der Waals surface area (Å²) in [7, 11) is 0. The molecule has 92 valence electrons. The van der Waals surface area contributed by atoms with Crippen LogP contribution >= 0.6 is 0 Å². The van der Waals surface area contributed by atoms with Crippen molar-refractivity contribution in [2.45, 2.75) is 33.6 Å². The monoisotopic (exact) mass is 232 g/mol. The molecule has 2 atom stereocenters. The van der Waals surface area contributed by atoms with Gasteiger partial charge in [0.25, 0.3) is 0 Å². The maximum absolute atomic E-state index is 12.3. The van der Waals surface area contributed by atoms with Crippen LogP contribution in [0.3, 0.4) is 0 Å². The molecule has 1 aliphatic heterocycles. The molecule has 1 heterocycles. The first-order chi connectivity index (χ1) is 7.92. The molecule has 0 radical (unpaired) electrons. The van der Waals surface area contributed by atoms with Crippen molar-refractivity contribution in [1.82, 2.24) is 5.32 Å². The van der Waals surface area contributed by atoms with Crippen molar-refractivity contribution >= 4 is 5.78 Å². The number of carbonyl (C=O) groups is 1. The number of nitrogens with zero attached hydrogens (tertiary/aromatic N) is 1. The zero-order valence-electron chi connectivity index (χ0n) is 10.8. The number of allylic oxidation sites excluding steroid dienone is 2. The Kier molecular flexibility index (Phi) is 2.87. The maximum Gasteiger partial charge on any atom is 0.178 e. The van der Waals surface area contributed by atoms with Crippen molar-refractivity contribution in [3.63, 3.8) is 0 Å². The van der Waals surface area contributed by atoms with Crippen LogP contribution in [0.2, 0.25) is 0 Å². The molecule has 2 rings (SSSR count).